The van der Waals surface area contributed by atoms with Gasteiger partial charge in [-0.25, -0.2) is 5.06 Å². The molecule has 2 heteroatoms. The van der Waals surface area contributed by atoms with E-state index >= 15 is 0 Å². The molecule has 3 aromatic rings. The zero-order chi connectivity index (χ0) is 13.9. The first kappa shape index (κ1) is 12.7. The fourth-order valence-electron chi connectivity index (χ4n) is 2.40. The first-order valence-electron chi connectivity index (χ1n) is 6.76. The molecule has 0 N–H and O–H groups in total. The summed E-state index contributed by atoms with van der Waals surface area (Å²) in [4.78, 5) is 0. The van der Waals surface area contributed by atoms with Crippen LogP contribution in [-0.2, 0) is 5.21 Å². The summed E-state index contributed by atoms with van der Waals surface area (Å²) in [5, 5.41) is 15.8. The second-order valence-electron chi connectivity index (χ2n) is 4.94. The van der Waals surface area contributed by atoms with Gasteiger partial charge in [-0.1, -0.05) is 59.8 Å². The van der Waals surface area contributed by atoms with E-state index in [1.165, 1.54) is 10.8 Å². The lowest BCUT2D eigenvalue weighted by Gasteiger charge is -2.22. The third kappa shape index (κ3) is 2.38. The second kappa shape index (κ2) is 5.35. The van der Waals surface area contributed by atoms with Crippen LogP contribution in [-0.4, -0.2) is 0 Å². The largest absolute Gasteiger partial charge is 0.213 e. The number of hydrogen-bond acceptors (Lipinski definition) is 1. The molecule has 3 aromatic carbocycles. The number of fused-ring (bicyclic) bond motifs is 1. The van der Waals surface area contributed by atoms with E-state index < -0.39 is 0 Å². The molecule has 1 atom stereocenters. The molecule has 0 saturated carbocycles. The van der Waals surface area contributed by atoms with Crippen molar-refractivity contribution in [2.24, 2.45) is 0 Å². The van der Waals surface area contributed by atoms with Gasteiger partial charge in [0.2, 0.25) is 0 Å². The zero-order valence-corrected chi connectivity index (χ0v) is 11.4. The second-order valence-corrected chi connectivity index (χ2v) is 4.94. The molecule has 1 unspecified atom stereocenters. The highest BCUT2D eigenvalue weighted by Gasteiger charge is 2.15. The van der Waals surface area contributed by atoms with Gasteiger partial charge in [0.05, 0.1) is 11.7 Å². The smallest absolute Gasteiger partial charge is 0.0818 e. The van der Waals surface area contributed by atoms with Crippen molar-refractivity contribution in [3.63, 3.8) is 0 Å². The lowest BCUT2D eigenvalue weighted by Crippen LogP contribution is -2.20. The van der Waals surface area contributed by atoms with Gasteiger partial charge in [0.25, 0.3) is 0 Å². The summed E-state index contributed by atoms with van der Waals surface area (Å²) in [5.41, 5.74) is 1.72. The van der Waals surface area contributed by atoms with Gasteiger partial charge in [0.1, 0.15) is 0 Å². The van der Waals surface area contributed by atoms with E-state index in [9.17, 15) is 5.21 Å². The Morgan fingerprint density at radius 3 is 2.20 bits per heavy atom. The molecule has 99 valence electrons. The quantitative estimate of drug-likeness (QED) is 0.624. The van der Waals surface area contributed by atoms with Crippen molar-refractivity contribution in [1.82, 2.24) is 0 Å². The molecule has 0 heterocycles. The van der Waals surface area contributed by atoms with Gasteiger partial charge < -0.3 is 0 Å². The van der Waals surface area contributed by atoms with Gasteiger partial charge in [-0.2, -0.15) is 0 Å². The number of hydroxylamine groups is 1. The van der Waals surface area contributed by atoms with Crippen molar-refractivity contribution < 1.29 is 5.21 Å². The monoisotopic (exact) mass is 262 g/mol. The Kier molecular flexibility index (Phi) is 3.40. The molecule has 0 aromatic heterocycles. The average molecular weight is 262 g/mol. The molecule has 0 spiro atoms. The van der Waals surface area contributed by atoms with Crippen LogP contribution in [0.5, 0.6) is 0 Å². The maximum Gasteiger partial charge on any atom is 0.0818 e. The SMILES string of the molecule is CC(c1ccc2ccccc2c1)N([O])c1ccccc1. The number of hydrogen-bond donors (Lipinski definition) is 0. The summed E-state index contributed by atoms with van der Waals surface area (Å²) in [5.74, 6) is 0. The molecule has 2 nitrogen and oxygen atoms in total. The van der Waals surface area contributed by atoms with E-state index in [2.05, 4.69) is 24.3 Å². The predicted octanol–water partition coefficient (Wildman–Crippen LogP) is 4.75. The molecule has 0 fully saturated rings. The van der Waals surface area contributed by atoms with Crippen molar-refractivity contribution in [1.29, 1.82) is 0 Å². The van der Waals surface area contributed by atoms with E-state index in [4.69, 9.17) is 0 Å². The molecule has 3 rings (SSSR count). The van der Waals surface area contributed by atoms with Gasteiger partial charge in [0.15, 0.2) is 0 Å². The fourth-order valence-corrected chi connectivity index (χ4v) is 2.40. The maximum absolute atomic E-state index is 12.4. The topological polar surface area (TPSA) is 23.1 Å². The Balaban J connectivity index is 1.94. The Labute approximate surface area is 118 Å². The molecular formula is C18H16NO. The minimum absolute atomic E-state index is 0.206. The highest BCUT2D eigenvalue weighted by atomic mass is 16.5. The minimum atomic E-state index is -0.206. The average Bonchev–Trinajstić information content (AvgIpc) is 2.54. The zero-order valence-electron chi connectivity index (χ0n) is 11.4. The summed E-state index contributed by atoms with van der Waals surface area (Å²) in [6, 6.07) is 23.5. The highest BCUT2D eigenvalue weighted by molar-refractivity contribution is 5.83. The Bertz CT molecular complexity index is 709. The van der Waals surface area contributed by atoms with E-state index in [-0.39, 0.29) is 6.04 Å². The van der Waals surface area contributed by atoms with Crippen LogP contribution in [0.4, 0.5) is 5.69 Å². The molecule has 0 bridgehead atoms. The lowest BCUT2D eigenvalue weighted by atomic mass is 10.0. The number of nitrogens with zero attached hydrogens (tertiary/aromatic N) is 1. The number of rotatable bonds is 3. The molecule has 1 radical (unpaired) electrons. The van der Waals surface area contributed by atoms with Crippen LogP contribution in [0.1, 0.15) is 18.5 Å². The molecule has 0 aliphatic heterocycles. The van der Waals surface area contributed by atoms with Crippen LogP contribution in [0.15, 0.2) is 72.8 Å². The standard InChI is InChI=1S/C18H16NO/c1-14(19(20)18-9-3-2-4-10-18)16-12-11-15-7-5-6-8-17(15)13-16/h2-14H,1H3. The summed E-state index contributed by atoms with van der Waals surface area (Å²) in [6.07, 6.45) is 0. The van der Waals surface area contributed by atoms with Gasteiger partial charge >= 0.3 is 0 Å². The van der Waals surface area contributed by atoms with Crippen LogP contribution >= 0.6 is 0 Å². The van der Waals surface area contributed by atoms with Crippen LogP contribution < -0.4 is 5.06 Å². The first-order chi connectivity index (χ1) is 9.75. The van der Waals surface area contributed by atoms with Crippen molar-refractivity contribution in [2.75, 3.05) is 5.06 Å². The lowest BCUT2D eigenvalue weighted by molar-refractivity contribution is 0.133. The number of anilines is 1. The molecule has 20 heavy (non-hydrogen) atoms. The van der Waals surface area contributed by atoms with E-state index in [0.717, 1.165) is 10.6 Å². The fraction of sp³-hybridized carbons (Fsp3) is 0.111. The van der Waals surface area contributed by atoms with Crippen LogP contribution in [0.2, 0.25) is 0 Å². The molecule has 0 aliphatic carbocycles. The Morgan fingerprint density at radius 1 is 0.800 bits per heavy atom. The Hall–Kier alpha value is -2.32. The summed E-state index contributed by atoms with van der Waals surface area (Å²) in [7, 11) is 0. The van der Waals surface area contributed by atoms with E-state index in [1.807, 2.05) is 55.5 Å². The van der Waals surface area contributed by atoms with E-state index in [0.29, 0.717) is 5.69 Å². The van der Waals surface area contributed by atoms with Crippen molar-refractivity contribution in [3.8, 4) is 0 Å². The highest BCUT2D eigenvalue weighted by Crippen LogP contribution is 2.27. The molecule has 0 saturated heterocycles. The van der Waals surface area contributed by atoms with Gasteiger partial charge in [0, 0.05) is 0 Å². The van der Waals surface area contributed by atoms with Crippen LogP contribution in [0.25, 0.3) is 10.8 Å². The van der Waals surface area contributed by atoms with E-state index in [1.54, 1.807) is 0 Å². The molecule has 0 aliphatic rings. The minimum Gasteiger partial charge on any atom is -0.213 e. The summed E-state index contributed by atoms with van der Waals surface area (Å²) < 4.78 is 0. The van der Waals surface area contributed by atoms with Crippen molar-refractivity contribution in [3.05, 3.63) is 78.4 Å². The van der Waals surface area contributed by atoms with Gasteiger partial charge in [-0.15, -0.1) is 0 Å². The number of benzene rings is 3. The first-order valence-corrected chi connectivity index (χ1v) is 6.76. The normalized spacial score (nSPS) is 12.3. The maximum atomic E-state index is 12.4. The van der Waals surface area contributed by atoms with Gasteiger partial charge in [-0.3, -0.25) is 0 Å². The van der Waals surface area contributed by atoms with Gasteiger partial charge in [-0.05, 0) is 41.5 Å². The molecular weight excluding hydrogens is 246 g/mol. The molecule has 0 amide bonds. The number of para-hydroxylation sites is 1. The third-order valence-corrected chi connectivity index (χ3v) is 3.62. The predicted molar refractivity (Wildman–Crippen MR) is 82.0 cm³/mol. The van der Waals surface area contributed by atoms with Crippen molar-refractivity contribution in [2.45, 2.75) is 13.0 Å². The third-order valence-electron chi connectivity index (χ3n) is 3.62. The van der Waals surface area contributed by atoms with Crippen molar-refractivity contribution >= 4 is 16.5 Å². The Morgan fingerprint density at radius 2 is 1.45 bits per heavy atom. The summed E-state index contributed by atoms with van der Waals surface area (Å²) >= 11 is 0. The van der Waals surface area contributed by atoms with Crippen LogP contribution in [0.3, 0.4) is 0 Å². The van der Waals surface area contributed by atoms with Crippen LogP contribution in [0, 0.1) is 0 Å². The summed E-state index contributed by atoms with van der Waals surface area (Å²) in [6.45, 7) is 1.93.